The minimum absolute atomic E-state index is 0.00744. The van der Waals surface area contributed by atoms with Crippen LogP contribution in [0.3, 0.4) is 0 Å². The highest BCUT2D eigenvalue weighted by molar-refractivity contribution is 7.91. The number of nitrogens with zero attached hydrogens (tertiary/aromatic N) is 3. The number of fused-ring (bicyclic) bond motifs is 1. The molecule has 146 valence electrons. The van der Waals surface area contributed by atoms with Crippen molar-refractivity contribution in [1.82, 2.24) is 14.7 Å². The van der Waals surface area contributed by atoms with Crippen LogP contribution in [-0.2, 0) is 15.4 Å². The summed E-state index contributed by atoms with van der Waals surface area (Å²) in [7, 11) is 1.51. The highest BCUT2D eigenvalue weighted by Gasteiger charge is 2.39. The zero-order valence-corrected chi connectivity index (χ0v) is 16.9. The maximum Gasteiger partial charge on any atom is 0.214 e. The second kappa shape index (κ2) is 6.65. The molecule has 3 rings (SSSR count). The number of aromatic nitrogens is 2. The summed E-state index contributed by atoms with van der Waals surface area (Å²) in [5, 5.41) is 10.5. The second-order valence-corrected chi connectivity index (χ2v) is 9.08. The van der Waals surface area contributed by atoms with Crippen LogP contribution in [0.4, 0.5) is 16.0 Å². The normalized spacial score (nSPS) is 19.4. The lowest BCUT2D eigenvalue weighted by molar-refractivity contribution is 0.252. The number of likely N-dealkylation sites (N-methyl/N-ethyl adjacent to an activating group) is 1. The van der Waals surface area contributed by atoms with E-state index in [0.717, 1.165) is 11.8 Å². The van der Waals surface area contributed by atoms with E-state index in [2.05, 4.69) is 15.7 Å². The molecule has 0 amide bonds. The maximum atomic E-state index is 13.7. The van der Waals surface area contributed by atoms with E-state index in [1.165, 1.54) is 18.2 Å². The first-order valence-electron chi connectivity index (χ1n) is 8.51. The summed E-state index contributed by atoms with van der Waals surface area (Å²) in [6.07, 6.45) is 2.02. The van der Waals surface area contributed by atoms with Crippen LogP contribution < -0.4 is 10.6 Å². The molecule has 1 aromatic heterocycles. The zero-order valence-electron chi connectivity index (χ0n) is 16.0. The second-order valence-electron chi connectivity index (χ2n) is 7.20. The first-order chi connectivity index (χ1) is 12.6. The van der Waals surface area contributed by atoms with Gasteiger partial charge in [-0.15, -0.1) is 0 Å². The van der Waals surface area contributed by atoms with Crippen LogP contribution in [0.25, 0.3) is 0 Å². The predicted molar refractivity (Wildman–Crippen MR) is 103 cm³/mol. The molecule has 0 saturated heterocycles. The van der Waals surface area contributed by atoms with E-state index in [0.29, 0.717) is 12.4 Å². The van der Waals surface area contributed by atoms with E-state index in [4.69, 9.17) is 0 Å². The highest BCUT2D eigenvalue weighted by Crippen LogP contribution is 2.40. The Morgan fingerprint density at radius 2 is 2.07 bits per heavy atom. The van der Waals surface area contributed by atoms with Gasteiger partial charge in [-0.3, -0.25) is 0 Å². The third-order valence-corrected chi connectivity index (χ3v) is 6.22. The van der Waals surface area contributed by atoms with E-state index >= 15 is 0 Å². The summed E-state index contributed by atoms with van der Waals surface area (Å²) >= 11 is 0. The van der Waals surface area contributed by atoms with Crippen molar-refractivity contribution < 1.29 is 12.8 Å². The van der Waals surface area contributed by atoms with Gasteiger partial charge in [-0.2, -0.15) is 5.10 Å². The summed E-state index contributed by atoms with van der Waals surface area (Å²) in [4.78, 5) is 1.91. The average Bonchev–Trinajstić information content (AvgIpc) is 2.93. The minimum Gasteiger partial charge on any atom is -0.371 e. The van der Waals surface area contributed by atoms with Crippen LogP contribution in [0.15, 0.2) is 45.8 Å². The third kappa shape index (κ3) is 3.32. The summed E-state index contributed by atoms with van der Waals surface area (Å²) in [5.74, 6) is -0.0209. The van der Waals surface area contributed by atoms with Crippen LogP contribution in [-0.4, -0.2) is 50.8 Å². The van der Waals surface area contributed by atoms with Crippen molar-refractivity contribution >= 4 is 21.5 Å². The van der Waals surface area contributed by atoms with Gasteiger partial charge in [0.25, 0.3) is 0 Å². The lowest BCUT2D eigenvalue weighted by Gasteiger charge is -2.35. The maximum absolute atomic E-state index is 13.7. The minimum atomic E-state index is -3.99. The largest absolute Gasteiger partial charge is 0.371 e. The molecule has 1 aromatic carbocycles. The van der Waals surface area contributed by atoms with Gasteiger partial charge in [0.15, 0.2) is 16.5 Å². The first-order valence-corrected chi connectivity index (χ1v) is 10.00. The van der Waals surface area contributed by atoms with Crippen LogP contribution in [0.5, 0.6) is 0 Å². The van der Waals surface area contributed by atoms with Crippen LogP contribution in [0.1, 0.15) is 13.8 Å². The fraction of sp³-hybridized carbons (Fsp3) is 0.389. The van der Waals surface area contributed by atoms with Crippen molar-refractivity contribution in [3.8, 4) is 0 Å². The summed E-state index contributed by atoms with van der Waals surface area (Å²) in [6, 6.07) is 4.99. The summed E-state index contributed by atoms with van der Waals surface area (Å²) < 4.78 is 42.0. The molecule has 1 aliphatic heterocycles. The molecule has 0 radical (unpaired) electrons. The third-order valence-electron chi connectivity index (χ3n) is 4.42. The molecule has 2 N–H and O–H groups in total. The van der Waals surface area contributed by atoms with Crippen molar-refractivity contribution in [1.29, 1.82) is 0 Å². The SMILES string of the molecule is CNc1nn2c(c1S(=O)(=O)c1cccc(F)c1)NC(C)=CC2(C)CN(C)C. The molecule has 1 aliphatic rings. The number of hydrogen-bond acceptors (Lipinski definition) is 6. The van der Waals surface area contributed by atoms with Crippen LogP contribution in [0.2, 0.25) is 0 Å². The Bertz CT molecular complexity index is 1010. The standard InChI is InChI=1S/C18H24FN5O2S/c1-12-10-18(2,11-23(4)5)24-17(21-12)15(16(20-3)22-24)27(25,26)14-8-6-7-13(19)9-14/h6-10,21H,11H2,1-5H3,(H,20,22). The number of benzene rings is 1. The van der Waals surface area contributed by atoms with E-state index < -0.39 is 21.2 Å². The van der Waals surface area contributed by atoms with Gasteiger partial charge >= 0.3 is 0 Å². The zero-order chi connectivity index (χ0) is 20.0. The molecule has 2 heterocycles. The summed E-state index contributed by atoms with van der Waals surface area (Å²) in [6.45, 7) is 4.50. The molecule has 0 fully saturated rings. The van der Waals surface area contributed by atoms with Crippen molar-refractivity contribution in [3.05, 3.63) is 41.9 Å². The van der Waals surface area contributed by atoms with E-state index in [-0.39, 0.29) is 15.6 Å². The number of rotatable bonds is 5. The van der Waals surface area contributed by atoms with Crippen molar-refractivity contribution in [3.63, 3.8) is 0 Å². The molecule has 1 unspecified atom stereocenters. The number of allylic oxidation sites excluding steroid dienone is 1. The molecule has 7 nitrogen and oxygen atoms in total. The van der Waals surface area contributed by atoms with Gasteiger partial charge in [-0.1, -0.05) is 6.07 Å². The van der Waals surface area contributed by atoms with Crippen molar-refractivity contribution in [2.75, 3.05) is 38.3 Å². The molecule has 2 aromatic rings. The Morgan fingerprint density at radius 1 is 1.37 bits per heavy atom. The Morgan fingerprint density at radius 3 is 2.67 bits per heavy atom. The van der Waals surface area contributed by atoms with Gasteiger partial charge in [0.2, 0.25) is 9.84 Å². The molecule has 27 heavy (non-hydrogen) atoms. The van der Waals surface area contributed by atoms with Gasteiger partial charge in [0, 0.05) is 19.3 Å². The lowest BCUT2D eigenvalue weighted by Crippen LogP contribution is -2.42. The lowest BCUT2D eigenvalue weighted by atomic mass is 9.99. The quantitative estimate of drug-likeness (QED) is 0.813. The number of hydrogen-bond donors (Lipinski definition) is 2. The van der Waals surface area contributed by atoms with Crippen molar-refractivity contribution in [2.24, 2.45) is 0 Å². The molecular weight excluding hydrogens is 369 g/mol. The van der Waals surface area contributed by atoms with Crippen molar-refractivity contribution in [2.45, 2.75) is 29.2 Å². The molecular formula is C18H24FN5O2S. The highest BCUT2D eigenvalue weighted by atomic mass is 32.2. The van der Waals surface area contributed by atoms with E-state index in [9.17, 15) is 12.8 Å². The average molecular weight is 393 g/mol. The smallest absolute Gasteiger partial charge is 0.214 e. The molecule has 0 spiro atoms. The Balaban J connectivity index is 2.26. The topological polar surface area (TPSA) is 79.3 Å². The summed E-state index contributed by atoms with van der Waals surface area (Å²) in [5.41, 5.74) is 0.278. The Labute approximate surface area is 158 Å². The molecule has 0 aliphatic carbocycles. The van der Waals surface area contributed by atoms with Crippen LogP contribution >= 0.6 is 0 Å². The van der Waals surface area contributed by atoms with E-state index in [1.54, 1.807) is 11.7 Å². The molecule has 9 heteroatoms. The number of anilines is 2. The fourth-order valence-corrected chi connectivity index (χ4v) is 5.11. The molecule has 0 saturated carbocycles. The predicted octanol–water partition coefficient (Wildman–Crippen LogP) is 2.50. The van der Waals surface area contributed by atoms with Gasteiger partial charge in [0.05, 0.1) is 10.4 Å². The Hall–Kier alpha value is -2.39. The number of halogens is 1. The van der Waals surface area contributed by atoms with E-state index in [1.807, 2.05) is 38.9 Å². The van der Waals surface area contributed by atoms with Gasteiger partial charge in [0.1, 0.15) is 5.82 Å². The number of nitrogens with one attached hydrogen (secondary N) is 2. The molecule has 1 atom stereocenters. The van der Waals surface area contributed by atoms with Gasteiger partial charge in [-0.05, 0) is 52.2 Å². The van der Waals surface area contributed by atoms with Gasteiger partial charge < -0.3 is 15.5 Å². The fourth-order valence-electron chi connectivity index (χ4n) is 3.56. The Kier molecular flexibility index (Phi) is 4.77. The van der Waals surface area contributed by atoms with Gasteiger partial charge in [-0.25, -0.2) is 17.5 Å². The van der Waals surface area contributed by atoms with Crippen LogP contribution in [0, 0.1) is 5.82 Å². The molecule has 0 bridgehead atoms. The monoisotopic (exact) mass is 393 g/mol. The number of sulfone groups is 1. The first kappa shape index (κ1) is 19.4.